The van der Waals surface area contributed by atoms with E-state index in [1.807, 2.05) is 31.3 Å². The maximum absolute atomic E-state index is 11.9. The summed E-state index contributed by atoms with van der Waals surface area (Å²) in [5.74, 6) is 1.03. The van der Waals surface area contributed by atoms with E-state index in [4.69, 9.17) is 4.74 Å². The summed E-state index contributed by atoms with van der Waals surface area (Å²) in [6.45, 7) is 1.60. The minimum absolute atomic E-state index is 0.0841. The van der Waals surface area contributed by atoms with E-state index in [1.165, 1.54) is 0 Å². The first-order valence-corrected chi connectivity index (χ1v) is 6.97. The van der Waals surface area contributed by atoms with Crippen LogP contribution in [0.25, 0.3) is 0 Å². The Morgan fingerprint density at radius 2 is 2.26 bits per heavy atom. The third-order valence-corrected chi connectivity index (χ3v) is 3.35. The van der Waals surface area contributed by atoms with E-state index in [-0.39, 0.29) is 11.9 Å². The molecule has 0 saturated heterocycles. The highest BCUT2D eigenvalue weighted by Gasteiger charge is 2.20. The van der Waals surface area contributed by atoms with Crippen LogP contribution in [0.4, 0.5) is 0 Å². The molecule has 1 amide bonds. The average molecular weight is 262 g/mol. The van der Waals surface area contributed by atoms with Crippen molar-refractivity contribution < 1.29 is 9.53 Å². The van der Waals surface area contributed by atoms with Gasteiger partial charge in [-0.1, -0.05) is 18.2 Å². The van der Waals surface area contributed by atoms with Gasteiger partial charge in [-0.25, -0.2) is 0 Å². The van der Waals surface area contributed by atoms with Crippen LogP contribution >= 0.6 is 0 Å². The SMILES string of the molecule is CNCCCC(=O)NC1CCCOc2ccccc21. The lowest BCUT2D eigenvalue weighted by molar-refractivity contribution is -0.122. The number of fused-ring (bicyclic) bond motifs is 1. The number of carbonyl (C=O) groups excluding carboxylic acids is 1. The second-order valence-corrected chi connectivity index (χ2v) is 4.86. The van der Waals surface area contributed by atoms with Crippen LogP contribution in [0.2, 0.25) is 0 Å². The fraction of sp³-hybridized carbons (Fsp3) is 0.533. The summed E-state index contributed by atoms with van der Waals surface area (Å²) in [6.07, 6.45) is 3.35. The maximum Gasteiger partial charge on any atom is 0.220 e. The number of ether oxygens (including phenoxy) is 1. The summed E-state index contributed by atoms with van der Waals surface area (Å²) in [4.78, 5) is 11.9. The van der Waals surface area contributed by atoms with Gasteiger partial charge in [0, 0.05) is 12.0 Å². The predicted molar refractivity (Wildman–Crippen MR) is 75.2 cm³/mol. The molecule has 1 aliphatic rings. The van der Waals surface area contributed by atoms with Gasteiger partial charge in [-0.2, -0.15) is 0 Å². The number of amides is 1. The standard InChI is InChI=1S/C15H22N2O2/c1-16-10-4-9-15(18)17-13-7-5-11-19-14-8-3-2-6-12(13)14/h2-3,6,8,13,16H,4-5,7,9-11H2,1H3,(H,17,18). The van der Waals surface area contributed by atoms with E-state index >= 15 is 0 Å². The maximum atomic E-state index is 11.9. The van der Waals surface area contributed by atoms with Crippen LogP contribution in [0.15, 0.2) is 24.3 Å². The normalized spacial score (nSPS) is 18.1. The second kappa shape index (κ2) is 7.14. The first kappa shape index (κ1) is 13.9. The monoisotopic (exact) mass is 262 g/mol. The lowest BCUT2D eigenvalue weighted by Gasteiger charge is -2.18. The third-order valence-electron chi connectivity index (χ3n) is 3.35. The molecule has 0 bridgehead atoms. The van der Waals surface area contributed by atoms with Crippen molar-refractivity contribution in [1.29, 1.82) is 0 Å². The molecule has 0 aromatic heterocycles. The number of hydrogen-bond acceptors (Lipinski definition) is 3. The Bertz CT molecular complexity index is 420. The topological polar surface area (TPSA) is 50.4 Å². The first-order valence-electron chi connectivity index (χ1n) is 6.97. The Labute approximate surface area is 114 Å². The lowest BCUT2D eigenvalue weighted by Crippen LogP contribution is -2.28. The molecule has 0 aliphatic carbocycles. The molecular weight excluding hydrogens is 240 g/mol. The molecule has 0 radical (unpaired) electrons. The van der Waals surface area contributed by atoms with E-state index in [9.17, 15) is 4.79 Å². The van der Waals surface area contributed by atoms with E-state index < -0.39 is 0 Å². The third kappa shape index (κ3) is 3.96. The fourth-order valence-electron chi connectivity index (χ4n) is 2.37. The molecular formula is C15H22N2O2. The first-order chi connectivity index (χ1) is 9.31. The zero-order valence-corrected chi connectivity index (χ0v) is 11.4. The summed E-state index contributed by atoms with van der Waals surface area (Å²) in [7, 11) is 1.90. The highest BCUT2D eigenvalue weighted by atomic mass is 16.5. The van der Waals surface area contributed by atoms with Crippen molar-refractivity contribution >= 4 is 5.91 Å². The van der Waals surface area contributed by atoms with Crippen molar-refractivity contribution in [3.63, 3.8) is 0 Å². The van der Waals surface area contributed by atoms with Crippen molar-refractivity contribution in [2.75, 3.05) is 20.2 Å². The van der Waals surface area contributed by atoms with Gasteiger partial charge in [-0.3, -0.25) is 4.79 Å². The van der Waals surface area contributed by atoms with Crippen molar-refractivity contribution in [3.8, 4) is 5.75 Å². The molecule has 1 aromatic rings. The number of hydrogen-bond donors (Lipinski definition) is 2. The van der Waals surface area contributed by atoms with E-state index in [2.05, 4.69) is 10.6 Å². The van der Waals surface area contributed by atoms with E-state index in [0.29, 0.717) is 6.42 Å². The van der Waals surface area contributed by atoms with Gasteiger partial charge in [0.05, 0.1) is 12.6 Å². The van der Waals surface area contributed by atoms with Gasteiger partial charge >= 0.3 is 0 Å². The zero-order chi connectivity index (χ0) is 13.5. The number of benzene rings is 1. The van der Waals surface area contributed by atoms with Crippen LogP contribution < -0.4 is 15.4 Å². The molecule has 4 heteroatoms. The summed E-state index contributed by atoms with van der Waals surface area (Å²) >= 11 is 0. The molecule has 4 nitrogen and oxygen atoms in total. The summed E-state index contributed by atoms with van der Waals surface area (Å²) in [5, 5.41) is 6.18. The Morgan fingerprint density at radius 3 is 3.11 bits per heavy atom. The minimum Gasteiger partial charge on any atom is -0.493 e. The van der Waals surface area contributed by atoms with E-state index in [0.717, 1.165) is 43.7 Å². The van der Waals surface area contributed by atoms with E-state index in [1.54, 1.807) is 0 Å². The molecule has 1 unspecified atom stereocenters. The molecule has 2 rings (SSSR count). The van der Waals surface area contributed by atoms with Crippen molar-refractivity contribution in [2.24, 2.45) is 0 Å². The summed E-state index contributed by atoms with van der Waals surface area (Å²) in [5.41, 5.74) is 1.10. The summed E-state index contributed by atoms with van der Waals surface area (Å²) < 4.78 is 5.70. The largest absolute Gasteiger partial charge is 0.493 e. The van der Waals surface area contributed by atoms with Gasteiger partial charge in [0.25, 0.3) is 0 Å². The lowest BCUT2D eigenvalue weighted by atomic mass is 10.0. The van der Waals surface area contributed by atoms with Gasteiger partial charge in [0.1, 0.15) is 5.75 Å². The van der Waals surface area contributed by atoms with Gasteiger partial charge < -0.3 is 15.4 Å². The second-order valence-electron chi connectivity index (χ2n) is 4.86. The Kier molecular flexibility index (Phi) is 5.21. The number of carbonyl (C=O) groups is 1. The number of nitrogens with one attached hydrogen (secondary N) is 2. The summed E-state index contributed by atoms with van der Waals surface area (Å²) in [6, 6.07) is 8.06. The van der Waals surface area contributed by atoms with Crippen molar-refractivity contribution in [1.82, 2.24) is 10.6 Å². The van der Waals surface area contributed by atoms with Crippen LogP contribution in [-0.4, -0.2) is 26.1 Å². The van der Waals surface area contributed by atoms with Crippen LogP contribution in [-0.2, 0) is 4.79 Å². The van der Waals surface area contributed by atoms with Gasteiger partial charge in [-0.05, 0) is 38.9 Å². The molecule has 0 fully saturated rings. The van der Waals surface area contributed by atoms with Crippen LogP contribution in [0.1, 0.15) is 37.3 Å². The minimum atomic E-state index is 0.0841. The highest BCUT2D eigenvalue weighted by Crippen LogP contribution is 2.31. The molecule has 1 aliphatic heterocycles. The molecule has 0 saturated carbocycles. The average Bonchev–Trinajstić information content (AvgIpc) is 2.62. The molecule has 104 valence electrons. The zero-order valence-electron chi connectivity index (χ0n) is 11.4. The fourth-order valence-corrected chi connectivity index (χ4v) is 2.37. The molecule has 0 spiro atoms. The molecule has 1 aromatic carbocycles. The Morgan fingerprint density at radius 1 is 1.42 bits per heavy atom. The molecule has 1 atom stereocenters. The molecule has 19 heavy (non-hydrogen) atoms. The highest BCUT2D eigenvalue weighted by molar-refractivity contribution is 5.76. The molecule has 2 N–H and O–H groups in total. The Balaban J connectivity index is 1.98. The van der Waals surface area contributed by atoms with Gasteiger partial charge in [0.2, 0.25) is 5.91 Å². The number of para-hydroxylation sites is 1. The number of rotatable bonds is 5. The van der Waals surface area contributed by atoms with Crippen LogP contribution in [0.5, 0.6) is 5.75 Å². The van der Waals surface area contributed by atoms with Crippen molar-refractivity contribution in [2.45, 2.75) is 31.7 Å². The smallest absolute Gasteiger partial charge is 0.220 e. The van der Waals surface area contributed by atoms with Crippen LogP contribution in [0, 0.1) is 0 Å². The quantitative estimate of drug-likeness (QED) is 0.798. The molecule has 1 heterocycles. The predicted octanol–water partition coefficient (Wildman–Crippen LogP) is 2.02. The Hall–Kier alpha value is -1.55. The van der Waals surface area contributed by atoms with Gasteiger partial charge in [0.15, 0.2) is 0 Å². The van der Waals surface area contributed by atoms with Crippen LogP contribution in [0.3, 0.4) is 0 Å². The van der Waals surface area contributed by atoms with Crippen molar-refractivity contribution in [3.05, 3.63) is 29.8 Å². The van der Waals surface area contributed by atoms with Gasteiger partial charge in [-0.15, -0.1) is 0 Å².